The summed E-state index contributed by atoms with van der Waals surface area (Å²) in [6.45, 7) is 14.6. The molecule has 0 aromatic carbocycles. The maximum Gasteiger partial charge on any atom is -0.0303 e. The highest BCUT2D eigenvalue weighted by Crippen LogP contribution is 2.12. The Labute approximate surface area is 88.7 Å². The normalized spacial score (nSPS) is 14.5. The van der Waals surface area contributed by atoms with Crippen LogP contribution in [0.15, 0.2) is 47.1 Å². The van der Waals surface area contributed by atoms with Gasteiger partial charge in [-0.3, -0.25) is 0 Å². The molecule has 0 heterocycles. The summed E-state index contributed by atoms with van der Waals surface area (Å²) in [6.07, 6.45) is 7.43. The van der Waals surface area contributed by atoms with Gasteiger partial charge in [-0.15, -0.1) is 0 Å². The van der Waals surface area contributed by atoms with E-state index < -0.39 is 0 Å². The molecule has 0 nitrogen and oxygen atoms in total. The molecule has 0 aromatic heterocycles. The second kappa shape index (κ2) is 6.42. The van der Waals surface area contributed by atoms with Gasteiger partial charge in [0.2, 0.25) is 0 Å². The quantitative estimate of drug-likeness (QED) is 0.558. The molecule has 0 heteroatoms. The highest BCUT2D eigenvalue weighted by atomic mass is 14.0. The summed E-state index contributed by atoms with van der Waals surface area (Å²) in [6, 6.07) is 0. The van der Waals surface area contributed by atoms with Crippen molar-refractivity contribution in [2.75, 3.05) is 0 Å². The van der Waals surface area contributed by atoms with E-state index in [2.05, 4.69) is 52.5 Å². The van der Waals surface area contributed by atoms with Crippen LogP contribution in [0.2, 0.25) is 0 Å². The van der Waals surface area contributed by atoms with E-state index in [0.29, 0.717) is 0 Å². The molecule has 0 aromatic rings. The molecule has 0 aliphatic carbocycles. The minimum absolute atomic E-state index is 1.09. The molecule has 0 rings (SSSR count). The average molecular weight is 190 g/mol. The maximum atomic E-state index is 4.00. The number of hydrogen-bond donors (Lipinski definition) is 0. The predicted molar refractivity (Wildman–Crippen MR) is 66.4 cm³/mol. The third-order valence-electron chi connectivity index (χ3n) is 2.68. The summed E-state index contributed by atoms with van der Waals surface area (Å²) in [7, 11) is 0. The third kappa shape index (κ3) is 4.27. The molecular formula is C14H22. The summed E-state index contributed by atoms with van der Waals surface area (Å²) in [5, 5.41) is 0. The van der Waals surface area contributed by atoms with E-state index in [0.717, 1.165) is 12.0 Å². The van der Waals surface area contributed by atoms with Crippen LogP contribution >= 0.6 is 0 Å². The van der Waals surface area contributed by atoms with E-state index in [9.17, 15) is 0 Å². The van der Waals surface area contributed by atoms with Gasteiger partial charge in [-0.1, -0.05) is 42.9 Å². The first-order valence-electron chi connectivity index (χ1n) is 5.19. The molecule has 0 atom stereocenters. The molecule has 0 spiro atoms. The number of allylic oxidation sites excluding steroid dienone is 7. The van der Waals surface area contributed by atoms with Crippen LogP contribution in [0.1, 0.15) is 41.0 Å². The summed E-state index contributed by atoms with van der Waals surface area (Å²) in [4.78, 5) is 0. The zero-order chi connectivity index (χ0) is 11.1. The first-order valence-corrected chi connectivity index (χ1v) is 5.19. The lowest BCUT2D eigenvalue weighted by Crippen LogP contribution is -1.81. The molecule has 0 amide bonds. The smallest absolute Gasteiger partial charge is 0.0303 e. The van der Waals surface area contributed by atoms with Crippen LogP contribution in [0, 0.1) is 0 Å². The lowest BCUT2D eigenvalue weighted by Gasteiger charge is -2.01. The molecule has 0 aliphatic rings. The van der Waals surface area contributed by atoms with E-state index in [4.69, 9.17) is 0 Å². The molecule has 14 heavy (non-hydrogen) atoms. The molecule has 0 bridgehead atoms. The van der Waals surface area contributed by atoms with Gasteiger partial charge in [-0.05, 0) is 45.3 Å². The van der Waals surface area contributed by atoms with Gasteiger partial charge in [0.1, 0.15) is 0 Å². The lowest BCUT2D eigenvalue weighted by molar-refractivity contribution is 1.07. The van der Waals surface area contributed by atoms with Crippen LogP contribution in [-0.4, -0.2) is 0 Å². The zero-order valence-electron chi connectivity index (χ0n) is 10.1. The summed E-state index contributed by atoms with van der Waals surface area (Å²) in [5.74, 6) is 0. The van der Waals surface area contributed by atoms with Crippen molar-refractivity contribution < 1.29 is 0 Å². The van der Waals surface area contributed by atoms with E-state index in [1.807, 2.05) is 6.92 Å². The van der Waals surface area contributed by atoms with E-state index >= 15 is 0 Å². The van der Waals surface area contributed by atoms with Crippen molar-refractivity contribution in [3.63, 3.8) is 0 Å². The van der Waals surface area contributed by atoms with Gasteiger partial charge in [0.25, 0.3) is 0 Å². The monoisotopic (exact) mass is 190 g/mol. The van der Waals surface area contributed by atoms with Gasteiger partial charge in [-0.2, -0.15) is 0 Å². The fourth-order valence-electron chi connectivity index (χ4n) is 0.964. The molecule has 0 aliphatic heterocycles. The molecule has 0 saturated heterocycles. The van der Waals surface area contributed by atoms with Crippen molar-refractivity contribution in [1.29, 1.82) is 0 Å². The van der Waals surface area contributed by atoms with Crippen molar-refractivity contribution >= 4 is 0 Å². The standard InChI is InChI=1S/C14H22/c1-7-11(3)13(5)9-10-14(6)12(4)8-2/h7,9-10H,5,8H2,1-4,6H3/b10-9-,11-7+,14-12-. The Morgan fingerprint density at radius 2 is 1.71 bits per heavy atom. The van der Waals surface area contributed by atoms with Crippen molar-refractivity contribution in [1.82, 2.24) is 0 Å². The minimum atomic E-state index is 1.09. The largest absolute Gasteiger partial charge is 0.0915 e. The van der Waals surface area contributed by atoms with Crippen LogP contribution in [0.3, 0.4) is 0 Å². The Morgan fingerprint density at radius 1 is 1.14 bits per heavy atom. The van der Waals surface area contributed by atoms with Crippen molar-refractivity contribution in [2.24, 2.45) is 0 Å². The number of hydrogen-bond acceptors (Lipinski definition) is 0. The Kier molecular flexibility index (Phi) is 5.94. The fraction of sp³-hybridized carbons (Fsp3) is 0.429. The van der Waals surface area contributed by atoms with Crippen molar-refractivity contribution in [2.45, 2.75) is 41.0 Å². The van der Waals surface area contributed by atoms with Crippen LogP contribution < -0.4 is 0 Å². The predicted octanol–water partition coefficient (Wildman–Crippen LogP) is 4.81. The Morgan fingerprint density at radius 3 is 2.14 bits per heavy atom. The Hall–Kier alpha value is -1.04. The highest BCUT2D eigenvalue weighted by molar-refractivity contribution is 5.38. The van der Waals surface area contributed by atoms with E-state index in [-0.39, 0.29) is 0 Å². The Balaban J connectivity index is 4.54. The van der Waals surface area contributed by atoms with Gasteiger partial charge >= 0.3 is 0 Å². The average Bonchev–Trinajstić information content (AvgIpc) is 2.22. The summed E-state index contributed by atoms with van der Waals surface area (Å²) < 4.78 is 0. The lowest BCUT2D eigenvalue weighted by atomic mass is 10.1. The minimum Gasteiger partial charge on any atom is -0.0915 e. The first-order chi connectivity index (χ1) is 6.52. The summed E-state index contributed by atoms with van der Waals surface area (Å²) >= 11 is 0. The van der Waals surface area contributed by atoms with E-state index in [1.165, 1.54) is 16.7 Å². The topological polar surface area (TPSA) is 0 Å². The zero-order valence-corrected chi connectivity index (χ0v) is 10.1. The van der Waals surface area contributed by atoms with Crippen LogP contribution in [0.5, 0.6) is 0 Å². The molecule has 0 radical (unpaired) electrons. The van der Waals surface area contributed by atoms with Crippen LogP contribution in [0.4, 0.5) is 0 Å². The van der Waals surface area contributed by atoms with Gasteiger partial charge in [0.15, 0.2) is 0 Å². The maximum absolute atomic E-state index is 4.00. The second-order valence-electron chi connectivity index (χ2n) is 3.65. The van der Waals surface area contributed by atoms with Gasteiger partial charge < -0.3 is 0 Å². The van der Waals surface area contributed by atoms with Gasteiger partial charge in [-0.25, -0.2) is 0 Å². The molecular weight excluding hydrogens is 168 g/mol. The molecule has 78 valence electrons. The fourth-order valence-corrected chi connectivity index (χ4v) is 0.964. The first kappa shape index (κ1) is 13.0. The number of rotatable bonds is 4. The second-order valence-corrected chi connectivity index (χ2v) is 3.65. The van der Waals surface area contributed by atoms with Crippen LogP contribution in [-0.2, 0) is 0 Å². The van der Waals surface area contributed by atoms with Crippen molar-refractivity contribution in [3.05, 3.63) is 47.1 Å². The third-order valence-corrected chi connectivity index (χ3v) is 2.68. The Bertz CT molecular complexity index is 285. The SMILES string of the molecule is C=C(/C=C\C(C)=C(\C)CC)/C(C)=C/C. The molecule has 0 fully saturated rings. The summed E-state index contributed by atoms with van der Waals surface area (Å²) in [5.41, 5.74) is 5.11. The molecule has 0 unspecified atom stereocenters. The van der Waals surface area contributed by atoms with E-state index in [1.54, 1.807) is 0 Å². The molecule has 0 N–H and O–H groups in total. The highest BCUT2D eigenvalue weighted by Gasteiger charge is 1.92. The molecule has 0 saturated carbocycles. The van der Waals surface area contributed by atoms with Gasteiger partial charge in [0, 0.05) is 0 Å². The van der Waals surface area contributed by atoms with Gasteiger partial charge in [0.05, 0.1) is 0 Å². The van der Waals surface area contributed by atoms with Crippen LogP contribution in [0.25, 0.3) is 0 Å². The van der Waals surface area contributed by atoms with Crippen molar-refractivity contribution in [3.8, 4) is 0 Å².